The molecule has 0 unspecified atom stereocenters. The van der Waals surface area contributed by atoms with Crippen LogP contribution in [0.3, 0.4) is 0 Å². The molecule has 0 aromatic heterocycles. The zero-order valence-corrected chi connectivity index (χ0v) is 9.55. The minimum Gasteiger partial charge on any atom is -0.0985 e. The molecule has 0 amide bonds. The topological polar surface area (TPSA) is 0 Å². The van der Waals surface area contributed by atoms with Crippen molar-refractivity contribution in [3.05, 3.63) is 36.5 Å². The summed E-state index contributed by atoms with van der Waals surface area (Å²) in [5.41, 5.74) is 1.74. The maximum atomic E-state index is 3.80. The van der Waals surface area contributed by atoms with Crippen molar-refractivity contribution < 1.29 is 0 Å². The van der Waals surface area contributed by atoms with Gasteiger partial charge in [-0.2, -0.15) is 0 Å². The molecule has 0 nitrogen and oxygen atoms in total. The highest BCUT2D eigenvalue weighted by molar-refractivity contribution is 5.34. The first-order chi connectivity index (χ1) is 6.76. The monoisotopic (exact) mass is 190 g/mol. The minimum absolute atomic E-state index is 0.454. The van der Waals surface area contributed by atoms with E-state index in [1.807, 2.05) is 6.08 Å². The summed E-state index contributed by atoms with van der Waals surface area (Å²) in [4.78, 5) is 0. The normalized spacial score (nSPS) is 19.1. The largest absolute Gasteiger partial charge is 0.0985 e. The van der Waals surface area contributed by atoms with Gasteiger partial charge in [-0.15, -0.1) is 0 Å². The van der Waals surface area contributed by atoms with Gasteiger partial charge in [-0.1, -0.05) is 57.6 Å². The SMILES string of the molecule is C=CC1=CCC(CCC)(CCC)C=C1. The van der Waals surface area contributed by atoms with E-state index in [1.54, 1.807) is 0 Å². The van der Waals surface area contributed by atoms with Crippen LogP contribution in [0.1, 0.15) is 46.0 Å². The molecule has 0 saturated heterocycles. The Morgan fingerprint density at radius 1 is 1.36 bits per heavy atom. The molecule has 0 radical (unpaired) electrons. The Morgan fingerprint density at radius 3 is 2.36 bits per heavy atom. The van der Waals surface area contributed by atoms with E-state index in [9.17, 15) is 0 Å². The maximum absolute atomic E-state index is 3.80. The van der Waals surface area contributed by atoms with E-state index in [0.717, 1.165) is 0 Å². The highest BCUT2D eigenvalue weighted by atomic mass is 14.3. The molecule has 0 heteroatoms. The minimum atomic E-state index is 0.454. The van der Waals surface area contributed by atoms with Crippen molar-refractivity contribution >= 4 is 0 Å². The standard InChI is InChI=1S/C14H22/c1-4-9-14(10-5-2)11-7-13(6-3)8-12-14/h6-8,11H,3-5,9-10,12H2,1-2H3. The van der Waals surface area contributed by atoms with Gasteiger partial charge in [0.2, 0.25) is 0 Å². The lowest BCUT2D eigenvalue weighted by Gasteiger charge is -2.31. The number of allylic oxidation sites excluding steroid dienone is 5. The van der Waals surface area contributed by atoms with Crippen LogP contribution in [0.4, 0.5) is 0 Å². The third kappa shape index (κ3) is 2.60. The van der Waals surface area contributed by atoms with Gasteiger partial charge < -0.3 is 0 Å². The van der Waals surface area contributed by atoms with Gasteiger partial charge in [0, 0.05) is 0 Å². The van der Waals surface area contributed by atoms with Gasteiger partial charge in [0.25, 0.3) is 0 Å². The van der Waals surface area contributed by atoms with E-state index in [1.165, 1.54) is 37.7 Å². The van der Waals surface area contributed by atoms with Gasteiger partial charge in [0.15, 0.2) is 0 Å². The van der Waals surface area contributed by atoms with Crippen LogP contribution in [0, 0.1) is 5.41 Å². The fourth-order valence-electron chi connectivity index (χ4n) is 2.37. The molecule has 14 heavy (non-hydrogen) atoms. The highest BCUT2D eigenvalue weighted by Gasteiger charge is 2.25. The van der Waals surface area contributed by atoms with Crippen LogP contribution in [0.15, 0.2) is 36.5 Å². The van der Waals surface area contributed by atoms with Gasteiger partial charge in [-0.3, -0.25) is 0 Å². The van der Waals surface area contributed by atoms with Crippen molar-refractivity contribution in [3.8, 4) is 0 Å². The number of hydrogen-bond acceptors (Lipinski definition) is 0. The summed E-state index contributed by atoms with van der Waals surface area (Å²) in [6.45, 7) is 8.36. The van der Waals surface area contributed by atoms with Crippen LogP contribution >= 0.6 is 0 Å². The fourth-order valence-corrected chi connectivity index (χ4v) is 2.37. The highest BCUT2D eigenvalue weighted by Crippen LogP contribution is 2.38. The van der Waals surface area contributed by atoms with Crippen LogP contribution < -0.4 is 0 Å². The van der Waals surface area contributed by atoms with Gasteiger partial charge in [0.1, 0.15) is 0 Å². The lowest BCUT2D eigenvalue weighted by atomic mass is 9.73. The van der Waals surface area contributed by atoms with Crippen LogP contribution in [-0.2, 0) is 0 Å². The molecule has 1 aliphatic rings. The van der Waals surface area contributed by atoms with Crippen LogP contribution in [0.2, 0.25) is 0 Å². The second-order valence-electron chi connectivity index (χ2n) is 4.31. The summed E-state index contributed by atoms with van der Waals surface area (Å²) in [6.07, 6.45) is 15.3. The summed E-state index contributed by atoms with van der Waals surface area (Å²) in [7, 11) is 0. The predicted octanol–water partition coefficient (Wildman–Crippen LogP) is 4.65. The van der Waals surface area contributed by atoms with Gasteiger partial charge >= 0.3 is 0 Å². The van der Waals surface area contributed by atoms with E-state index in [2.05, 4.69) is 38.7 Å². The molecule has 0 bridgehead atoms. The molecule has 0 spiro atoms. The van der Waals surface area contributed by atoms with E-state index < -0.39 is 0 Å². The Labute approximate surface area is 88.4 Å². The molecular weight excluding hydrogens is 168 g/mol. The summed E-state index contributed by atoms with van der Waals surface area (Å²) in [5.74, 6) is 0. The van der Waals surface area contributed by atoms with Crippen molar-refractivity contribution in [2.75, 3.05) is 0 Å². The molecule has 0 aromatic carbocycles. The molecule has 0 atom stereocenters. The summed E-state index contributed by atoms with van der Waals surface area (Å²) in [6, 6.07) is 0. The van der Waals surface area contributed by atoms with Crippen molar-refractivity contribution in [2.24, 2.45) is 5.41 Å². The summed E-state index contributed by atoms with van der Waals surface area (Å²) in [5, 5.41) is 0. The van der Waals surface area contributed by atoms with Crippen LogP contribution in [-0.4, -0.2) is 0 Å². The Morgan fingerprint density at radius 2 is 2.00 bits per heavy atom. The first kappa shape index (κ1) is 11.3. The smallest absolute Gasteiger partial charge is 0.00803 e. The average molecular weight is 190 g/mol. The van der Waals surface area contributed by atoms with E-state index in [-0.39, 0.29) is 0 Å². The molecule has 0 aliphatic heterocycles. The summed E-state index contributed by atoms with van der Waals surface area (Å²) < 4.78 is 0. The molecule has 0 N–H and O–H groups in total. The lowest BCUT2D eigenvalue weighted by molar-refractivity contribution is 0.316. The van der Waals surface area contributed by atoms with Crippen molar-refractivity contribution in [3.63, 3.8) is 0 Å². The van der Waals surface area contributed by atoms with E-state index in [0.29, 0.717) is 5.41 Å². The van der Waals surface area contributed by atoms with Crippen molar-refractivity contribution in [1.29, 1.82) is 0 Å². The van der Waals surface area contributed by atoms with Crippen LogP contribution in [0.25, 0.3) is 0 Å². The van der Waals surface area contributed by atoms with Gasteiger partial charge in [0.05, 0.1) is 0 Å². The molecule has 78 valence electrons. The molecule has 0 heterocycles. The van der Waals surface area contributed by atoms with Gasteiger partial charge in [-0.25, -0.2) is 0 Å². The van der Waals surface area contributed by atoms with E-state index >= 15 is 0 Å². The first-order valence-electron chi connectivity index (χ1n) is 5.78. The third-order valence-corrected chi connectivity index (χ3v) is 3.11. The van der Waals surface area contributed by atoms with Crippen molar-refractivity contribution in [2.45, 2.75) is 46.0 Å². The Bertz CT molecular complexity index is 237. The number of rotatable bonds is 5. The predicted molar refractivity (Wildman–Crippen MR) is 64.3 cm³/mol. The summed E-state index contributed by atoms with van der Waals surface area (Å²) >= 11 is 0. The fraction of sp³-hybridized carbons (Fsp3) is 0.571. The third-order valence-electron chi connectivity index (χ3n) is 3.11. The molecular formula is C14H22. The van der Waals surface area contributed by atoms with E-state index in [4.69, 9.17) is 0 Å². The Balaban J connectivity index is 2.70. The quantitative estimate of drug-likeness (QED) is 0.592. The first-order valence-corrected chi connectivity index (χ1v) is 5.78. The Hall–Kier alpha value is -0.780. The van der Waals surface area contributed by atoms with Crippen LogP contribution in [0.5, 0.6) is 0 Å². The molecule has 1 aliphatic carbocycles. The second-order valence-corrected chi connectivity index (χ2v) is 4.31. The maximum Gasteiger partial charge on any atom is -0.00803 e. The van der Waals surface area contributed by atoms with Crippen molar-refractivity contribution in [1.82, 2.24) is 0 Å². The zero-order valence-electron chi connectivity index (χ0n) is 9.55. The molecule has 0 saturated carbocycles. The second kappa shape index (κ2) is 5.19. The van der Waals surface area contributed by atoms with Gasteiger partial charge in [-0.05, 0) is 30.3 Å². The number of hydrogen-bond donors (Lipinski definition) is 0. The molecule has 1 rings (SSSR count). The molecule has 0 fully saturated rings. The lowest BCUT2D eigenvalue weighted by Crippen LogP contribution is -2.18. The molecule has 0 aromatic rings. The Kier molecular flexibility index (Phi) is 4.19. The zero-order chi connectivity index (χ0) is 10.4. The average Bonchev–Trinajstić information content (AvgIpc) is 2.20.